The number of nitrogens with zero attached hydrogens (tertiary/aromatic N) is 1. The van der Waals surface area contributed by atoms with Gasteiger partial charge in [0.1, 0.15) is 0 Å². The average molecular weight is 196 g/mol. The number of carbonyl (C=O) groups excluding carboxylic acids is 2. The predicted octanol–water partition coefficient (Wildman–Crippen LogP) is 2.34. The number of isocyanates is 1. The lowest BCUT2D eigenvalue weighted by Gasteiger charge is -2.01. The van der Waals surface area contributed by atoms with Gasteiger partial charge in [-0.1, -0.05) is 12.1 Å². The first-order valence-electron chi connectivity index (χ1n) is 3.54. The maximum atomic E-state index is 10.9. The Morgan fingerprint density at radius 2 is 2.23 bits per heavy atom. The third kappa shape index (κ3) is 2.02. The molecule has 0 radical (unpaired) electrons. The van der Waals surface area contributed by atoms with Crippen LogP contribution in [0.5, 0.6) is 0 Å². The lowest BCUT2D eigenvalue weighted by molar-refractivity contribution is 0.108. The average Bonchev–Trinajstić information content (AvgIpc) is 2.08. The molecule has 0 heterocycles. The molecule has 0 saturated carbocycles. The third-order valence-corrected chi connectivity index (χ3v) is 1.81. The number of hydrogen-bond acceptors (Lipinski definition) is 3. The SMILES string of the molecule is Cc1cccc(C(=O)Cl)c1N=C=O. The van der Waals surface area contributed by atoms with Crippen LogP contribution in [0, 0.1) is 6.92 Å². The summed E-state index contributed by atoms with van der Waals surface area (Å²) in [4.78, 5) is 24.3. The number of aryl methyl sites for hydroxylation is 1. The van der Waals surface area contributed by atoms with E-state index in [2.05, 4.69) is 4.99 Å². The minimum absolute atomic E-state index is 0.227. The molecular formula is C9H6ClNO2. The number of para-hydroxylation sites is 1. The lowest BCUT2D eigenvalue weighted by atomic mass is 10.1. The highest BCUT2D eigenvalue weighted by Crippen LogP contribution is 2.24. The second-order valence-corrected chi connectivity index (χ2v) is 2.79. The third-order valence-electron chi connectivity index (χ3n) is 1.61. The smallest absolute Gasteiger partial charge is 0.254 e. The summed E-state index contributed by atoms with van der Waals surface area (Å²) in [5, 5.41) is -0.627. The molecule has 0 amide bonds. The Morgan fingerprint density at radius 3 is 2.77 bits per heavy atom. The van der Waals surface area contributed by atoms with Gasteiger partial charge in [0, 0.05) is 0 Å². The summed E-state index contributed by atoms with van der Waals surface area (Å²) >= 11 is 5.29. The predicted molar refractivity (Wildman–Crippen MR) is 49.1 cm³/mol. The first-order valence-corrected chi connectivity index (χ1v) is 3.92. The zero-order valence-electron chi connectivity index (χ0n) is 6.87. The normalized spacial score (nSPS) is 9.08. The summed E-state index contributed by atoms with van der Waals surface area (Å²) in [6.07, 6.45) is 1.38. The van der Waals surface area contributed by atoms with Crippen molar-refractivity contribution in [3.8, 4) is 0 Å². The molecule has 1 rings (SSSR count). The molecule has 0 aromatic heterocycles. The minimum atomic E-state index is -0.627. The largest absolute Gasteiger partial charge is 0.276 e. The first-order chi connectivity index (χ1) is 6.16. The lowest BCUT2D eigenvalue weighted by Crippen LogP contribution is -1.90. The Bertz CT molecular complexity index is 395. The zero-order valence-corrected chi connectivity index (χ0v) is 7.63. The van der Waals surface area contributed by atoms with Crippen LogP contribution in [0.25, 0.3) is 0 Å². The molecule has 0 fully saturated rings. The summed E-state index contributed by atoms with van der Waals surface area (Å²) in [6.45, 7) is 1.74. The van der Waals surface area contributed by atoms with E-state index in [0.717, 1.165) is 5.56 Å². The van der Waals surface area contributed by atoms with Crippen molar-refractivity contribution in [3.05, 3.63) is 29.3 Å². The van der Waals surface area contributed by atoms with Gasteiger partial charge in [-0.05, 0) is 30.2 Å². The summed E-state index contributed by atoms with van der Waals surface area (Å²) < 4.78 is 0. The summed E-state index contributed by atoms with van der Waals surface area (Å²) in [5.41, 5.74) is 1.23. The van der Waals surface area contributed by atoms with Gasteiger partial charge in [0.15, 0.2) is 0 Å². The Labute approximate surface area is 80.0 Å². The van der Waals surface area contributed by atoms with Crippen molar-refractivity contribution in [1.29, 1.82) is 0 Å². The van der Waals surface area contributed by atoms with Crippen LogP contribution in [0.2, 0.25) is 0 Å². The molecule has 0 bridgehead atoms. The number of carbonyl (C=O) groups is 1. The van der Waals surface area contributed by atoms with Crippen LogP contribution in [0.3, 0.4) is 0 Å². The van der Waals surface area contributed by atoms with Crippen molar-refractivity contribution in [2.75, 3.05) is 0 Å². The minimum Gasteiger partial charge on any atom is -0.276 e. The van der Waals surface area contributed by atoms with Crippen LogP contribution < -0.4 is 0 Å². The Hall–Kier alpha value is -1.44. The van der Waals surface area contributed by atoms with Crippen molar-refractivity contribution >= 4 is 28.6 Å². The van der Waals surface area contributed by atoms with Gasteiger partial charge in [-0.25, -0.2) is 4.79 Å². The monoisotopic (exact) mass is 195 g/mol. The molecule has 66 valence electrons. The molecule has 3 nitrogen and oxygen atoms in total. The Kier molecular flexibility index (Phi) is 2.96. The van der Waals surface area contributed by atoms with Crippen LogP contribution in [-0.4, -0.2) is 11.3 Å². The van der Waals surface area contributed by atoms with Gasteiger partial charge in [-0.3, -0.25) is 4.79 Å². The van der Waals surface area contributed by atoms with Gasteiger partial charge >= 0.3 is 0 Å². The highest BCUT2D eigenvalue weighted by molar-refractivity contribution is 6.68. The van der Waals surface area contributed by atoms with E-state index in [0.29, 0.717) is 0 Å². The van der Waals surface area contributed by atoms with E-state index < -0.39 is 5.24 Å². The van der Waals surface area contributed by atoms with Gasteiger partial charge < -0.3 is 0 Å². The standard InChI is InChI=1S/C9H6ClNO2/c1-6-3-2-4-7(9(10)13)8(6)11-5-12/h2-4H,1H3. The number of benzene rings is 1. The molecule has 0 aliphatic heterocycles. The second kappa shape index (κ2) is 3.99. The van der Waals surface area contributed by atoms with E-state index in [1.807, 2.05) is 0 Å². The number of rotatable bonds is 2. The molecule has 0 spiro atoms. The number of halogens is 1. The highest BCUT2D eigenvalue weighted by atomic mass is 35.5. The van der Waals surface area contributed by atoms with Crippen LogP contribution in [0.15, 0.2) is 23.2 Å². The van der Waals surface area contributed by atoms with Crippen molar-refractivity contribution in [3.63, 3.8) is 0 Å². The van der Waals surface area contributed by atoms with Gasteiger partial charge in [-0.15, -0.1) is 0 Å². The van der Waals surface area contributed by atoms with E-state index in [1.54, 1.807) is 19.1 Å². The van der Waals surface area contributed by atoms with E-state index in [4.69, 9.17) is 11.6 Å². The summed E-state index contributed by atoms with van der Waals surface area (Å²) in [7, 11) is 0. The quantitative estimate of drug-likeness (QED) is 0.413. The molecule has 0 N–H and O–H groups in total. The Morgan fingerprint density at radius 1 is 1.54 bits per heavy atom. The van der Waals surface area contributed by atoms with E-state index in [-0.39, 0.29) is 11.3 Å². The van der Waals surface area contributed by atoms with Gasteiger partial charge in [0.25, 0.3) is 5.24 Å². The molecule has 1 aromatic rings. The maximum Gasteiger partial charge on any atom is 0.254 e. The Balaban J connectivity index is 3.42. The number of hydrogen-bond donors (Lipinski definition) is 0. The fourth-order valence-electron chi connectivity index (χ4n) is 1.01. The molecule has 0 saturated heterocycles. The van der Waals surface area contributed by atoms with E-state index >= 15 is 0 Å². The summed E-state index contributed by atoms with van der Waals surface area (Å²) in [6, 6.07) is 4.92. The highest BCUT2D eigenvalue weighted by Gasteiger charge is 2.09. The molecular weight excluding hydrogens is 190 g/mol. The van der Waals surface area contributed by atoms with Crippen LogP contribution in [0.4, 0.5) is 5.69 Å². The molecule has 4 heteroatoms. The van der Waals surface area contributed by atoms with Crippen molar-refractivity contribution in [2.24, 2.45) is 4.99 Å². The molecule has 0 aliphatic rings. The summed E-state index contributed by atoms with van der Waals surface area (Å²) in [5.74, 6) is 0. The van der Waals surface area contributed by atoms with Gasteiger partial charge in [0.05, 0.1) is 11.3 Å². The van der Waals surface area contributed by atoms with Crippen molar-refractivity contribution in [1.82, 2.24) is 0 Å². The molecule has 1 aromatic carbocycles. The molecule has 0 aliphatic carbocycles. The van der Waals surface area contributed by atoms with Crippen LogP contribution in [0.1, 0.15) is 15.9 Å². The fourth-order valence-corrected chi connectivity index (χ4v) is 1.16. The zero-order chi connectivity index (χ0) is 9.84. The molecule has 13 heavy (non-hydrogen) atoms. The molecule has 0 unspecified atom stereocenters. The second-order valence-electron chi connectivity index (χ2n) is 2.45. The van der Waals surface area contributed by atoms with E-state index in [9.17, 15) is 9.59 Å². The number of aliphatic imine (C=N–C) groups is 1. The fraction of sp³-hybridized carbons (Fsp3) is 0.111. The van der Waals surface area contributed by atoms with E-state index in [1.165, 1.54) is 12.1 Å². The van der Waals surface area contributed by atoms with Gasteiger partial charge in [0.2, 0.25) is 6.08 Å². The molecule has 0 atom stereocenters. The van der Waals surface area contributed by atoms with Gasteiger partial charge in [-0.2, -0.15) is 4.99 Å². The maximum absolute atomic E-state index is 10.9. The van der Waals surface area contributed by atoms with Crippen LogP contribution in [-0.2, 0) is 4.79 Å². The van der Waals surface area contributed by atoms with Crippen LogP contribution >= 0.6 is 11.6 Å². The first kappa shape index (κ1) is 9.65. The van der Waals surface area contributed by atoms with Crippen molar-refractivity contribution in [2.45, 2.75) is 6.92 Å². The topological polar surface area (TPSA) is 46.5 Å². The van der Waals surface area contributed by atoms with Crippen molar-refractivity contribution < 1.29 is 9.59 Å².